The minimum Gasteiger partial charge on any atom is -0.480 e. The number of carbonyl (C=O) groups is 4. The van der Waals surface area contributed by atoms with E-state index in [4.69, 9.17) is 10.8 Å². The first-order valence-electron chi connectivity index (χ1n) is 8.60. The highest BCUT2D eigenvalue weighted by molar-refractivity contribution is 5.94. The molecule has 4 unspecified atom stereocenters. The van der Waals surface area contributed by atoms with E-state index in [2.05, 4.69) is 10.6 Å². The second kappa shape index (κ2) is 9.48. The summed E-state index contributed by atoms with van der Waals surface area (Å²) < 4.78 is 0. The Morgan fingerprint density at radius 2 is 1.81 bits per heavy atom. The van der Waals surface area contributed by atoms with Gasteiger partial charge in [0.15, 0.2) is 0 Å². The average molecular weight is 372 g/mol. The Bertz CT molecular complexity index is 553. The van der Waals surface area contributed by atoms with Crippen molar-refractivity contribution in [2.24, 2.45) is 11.7 Å². The fourth-order valence-electron chi connectivity index (χ4n) is 2.78. The molecule has 3 amide bonds. The maximum Gasteiger partial charge on any atom is 0.326 e. The van der Waals surface area contributed by atoms with Crippen molar-refractivity contribution in [2.75, 3.05) is 13.2 Å². The van der Waals surface area contributed by atoms with E-state index in [1.165, 1.54) is 11.8 Å². The van der Waals surface area contributed by atoms with Gasteiger partial charge in [-0.25, -0.2) is 4.79 Å². The maximum absolute atomic E-state index is 12.6. The standard InChI is InChI=1S/C16H28N4O6/c1-8(2)12(16(25)26)19-14(23)11-5-4-6-20(11)15(24)9(3)18-13(22)10(17)7-21/h8-12,21H,4-7,17H2,1-3H3,(H,18,22)(H,19,23)(H,25,26). The van der Waals surface area contributed by atoms with Crippen LogP contribution in [0.15, 0.2) is 0 Å². The molecule has 1 aliphatic heterocycles. The van der Waals surface area contributed by atoms with E-state index in [0.717, 1.165) is 0 Å². The number of carboxylic acid groups (broad SMARTS) is 1. The predicted molar refractivity (Wildman–Crippen MR) is 91.8 cm³/mol. The molecule has 10 nitrogen and oxygen atoms in total. The predicted octanol–water partition coefficient (Wildman–Crippen LogP) is -1.97. The number of carboxylic acids is 1. The molecule has 10 heteroatoms. The van der Waals surface area contributed by atoms with Crippen LogP contribution in [0.3, 0.4) is 0 Å². The summed E-state index contributed by atoms with van der Waals surface area (Å²) in [6, 6.07) is -3.88. The topological polar surface area (TPSA) is 162 Å². The molecule has 0 bridgehead atoms. The SMILES string of the molecule is CC(NC(=O)C(N)CO)C(=O)N1CCCC1C(=O)NC(C(=O)O)C(C)C. The van der Waals surface area contributed by atoms with Crippen LogP contribution in [-0.4, -0.2) is 76.1 Å². The van der Waals surface area contributed by atoms with Crippen LogP contribution < -0.4 is 16.4 Å². The Morgan fingerprint density at radius 1 is 1.19 bits per heavy atom. The van der Waals surface area contributed by atoms with Crippen molar-refractivity contribution < 1.29 is 29.4 Å². The summed E-state index contributed by atoms with van der Waals surface area (Å²) in [5, 5.41) is 23.0. The smallest absolute Gasteiger partial charge is 0.326 e. The van der Waals surface area contributed by atoms with Crippen LogP contribution >= 0.6 is 0 Å². The van der Waals surface area contributed by atoms with Crippen molar-refractivity contribution in [3.8, 4) is 0 Å². The van der Waals surface area contributed by atoms with Crippen LogP contribution in [0.2, 0.25) is 0 Å². The van der Waals surface area contributed by atoms with Crippen molar-refractivity contribution in [2.45, 2.75) is 57.8 Å². The van der Waals surface area contributed by atoms with Gasteiger partial charge in [-0.15, -0.1) is 0 Å². The summed E-state index contributed by atoms with van der Waals surface area (Å²) in [5.41, 5.74) is 5.40. The van der Waals surface area contributed by atoms with Gasteiger partial charge in [0.2, 0.25) is 17.7 Å². The number of nitrogens with one attached hydrogen (secondary N) is 2. The molecule has 0 aromatic heterocycles. The van der Waals surface area contributed by atoms with Gasteiger partial charge >= 0.3 is 5.97 Å². The Labute approximate surface area is 152 Å². The maximum atomic E-state index is 12.6. The first-order chi connectivity index (χ1) is 12.1. The molecular weight excluding hydrogens is 344 g/mol. The Morgan fingerprint density at radius 3 is 2.31 bits per heavy atom. The van der Waals surface area contributed by atoms with Gasteiger partial charge in [-0.3, -0.25) is 14.4 Å². The Hall–Kier alpha value is -2.20. The van der Waals surface area contributed by atoms with Gasteiger partial charge in [-0.2, -0.15) is 0 Å². The second-order valence-electron chi connectivity index (χ2n) is 6.78. The van der Waals surface area contributed by atoms with E-state index in [1.54, 1.807) is 13.8 Å². The molecule has 6 N–H and O–H groups in total. The largest absolute Gasteiger partial charge is 0.480 e. The number of aliphatic hydroxyl groups excluding tert-OH is 1. The Balaban J connectivity index is 2.76. The lowest BCUT2D eigenvalue weighted by molar-refractivity contribution is -0.145. The van der Waals surface area contributed by atoms with E-state index in [0.29, 0.717) is 19.4 Å². The third kappa shape index (κ3) is 5.40. The van der Waals surface area contributed by atoms with Gasteiger partial charge in [0, 0.05) is 6.54 Å². The minimum atomic E-state index is -1.14. The molecule has 0 aliphatic carbocycles. The number of aliphatic carboxylic acids is 1. The zero-order chi connectivity index (χ0) is 20.0. The summed E-state index contributed by atoms with van der Waals surface area (Å²) >= 11 is 0. The summed E-state index contributed by atoms with van der Waals surface area (Å²) in [7, 11) is 0. The van der Waals surface area contributed by atoms with Crippen molar-refractivity contribution >= 4 is 23.7 Å². The number of aliphatic hydroxyl groups is 1. The average Bonchev–Trinajstić information content (AvgIpc) is 3.06. The molecule has 1 rings (SSSR count). The summed E-state index contributed by atoms with van der Waals surface area (Å²) in [6.07, 6.45) is 1.01. The van der Waals surface area contributed by atoms with Gasteiger partial charge in [-0.05, 0) is 25.7 Å². The minimum absolute atomic E-state index is 0.305. The first kappa shape index (κ1) is 21.8. The molecule has 4 atom stereocenters. The van der Waals surface area contributed by atoms with E-state index in [1.807, 2.05) is 0 Å². The summed E-state index contributed by atoms with van der Waals surface area (Å²) in [4.78, 5) is 49.3. The van der Waals surface area contributed by atoms with Crippen LogP contribution in [0.25, 0.3) is 0 Å². The normalized spacial score (nSPS) is 20.4. The number of hydrogen-bond acceptors (Lipinski definition) is 6. The molecule has 1 aliphatic rings. The van der Waals surface area contributed by atoms with E-state index < -0.39 is 54.5 Å². The van der Waals surface area contributed by atoms with E-state index in [9.17, 15) is 24.3 Å². The molecule has 1 heterocycles. The summed E-state index contributed by atoms with van der Waals surface area (Å²) in [5.74, 6) is -3.09. The lowest BCUT2D eigenvalue weighted by Crippen LogP contribution is -2.56. The highest BCUT2D eigenvalue weighted by atomic mass is 16.4. The number of nitrogens with zero attached hydrogens (tertiary/aromatic N) is 1. The van der Waals surface area contributed by atoms with Gasteiger partial charge in [0.1, 0.15) is 24.2 Å². The number of amides is 3. The van der Waals surface area contributed by atoms with E-state index >= 15 is 0 Å². The zero-order valence-electron chi connectivity index (χ0n) is 15.3. The zero-order valence-corrected chi connectivity index (χ0v) is 15.3. The van der Waals surface area contributed by atoms with Crippen molar-refractivity contribution in [1.29, 1.82) is 0 Å². The van der Waals surface area contributed by atoms with Gasteiger partial charge < -0.3 is 31.5 Å². The van der Waals surface area contributed by atoms with Crippen LogP contribution in [0.1, 0.15) is 33.6 Å². The first-order valence-corrected chi connectivity index (χ1v) is 8.60. The fraction of sp³-hybridized carbons (Fsp3) is 0.750. The molecule has 0 radical (unpaired) electrons. The lowest BCUT2D eigenvalue weighted by atomic mass is 10.0. The third-order valence-corrected chi connectivity index (χ3v) is 4.33. The molecule has 1 fully saturated rings. The molecular formula is C16H28N4O6. The number of nitrogens with two attached hydrogens (primary N) is 1. The van der Waals surface area contributed by atoms with Gasteiger partial charge in [0.25, 0.3) is 0 Å². The highest BCUT2D eigenvalue weighted by Crippen LogP contribution is 2.19. The molecule has 0 aromatic carbocycles. The number of rotatable bonds is 8. The number of likely N-dealkylation sites (tertiary alicyclic amines) is 1. The molecule has 0 aromatic rings. The van der Waals surface area contributed by atoms with Crippen molar-refractivity contribution in [3.05, 3.63) is 0 Å². The second-order valence-corrected chi connectivity index (χ2v) is 6.78. The molecule has 1 saturated heterocycles. The van der Waals surface area contributed by atoms with Gasteiger partial charge in [0.05, 0.1) is 6.61 Å². The number of carbonyl (C=O) groups excluding carboxylic acids is 3. The molecule has 0 spiro atoms. The quantitative estimate of drug-likeness (QED) is 0.330. The lowest BCUT2D eigenvalue weighted by Gasteiger charge is -2.29. The monoisotopic (exact) mass is 372 g/mol. The van der Waals surface area contributed by atoms with Crippen LogP contribution in [0.4, 0.5) is 0 Å². The van der Waals surface area contributed by atoms with Crippen LogP contribution in [0.5, 0.6) is 0 Å². The van der Waals surface area contributed by atoms with Crippen molar-refractivity contribution in [1.82, 2.24) is 15.5 Å². The Kier molecular flexibility index (Phi) is 7.97. The highest BCUT2D eigenvalue weighted by Gasteiger charge is 2.38. The van der Waals surface area contributed by atoms with Gasteiger partial charge in [-0.1, -0.05) is 13.8 Å². The molecule has 148 valence electrons. The van der Waals surface area contributed by atoms with Crippen LogP contribution in [-0.2, 0) is 19.2 Å². The molecule has 0 saturated carbocycles. The van der Waals surface area contributed by atoms with E-state index in [-0.39, 0.29) is 5.92 Å². The summed E-state index contributed by atoms with van der Waals surface area (Å²) in [6.45, 7) is 4.61. The third-order valence-electron chi connectivity index (χ3n) is 4.33. The number of hydrogen-bond donors (Lipinski definition) is 5. The van der Waals surface area contributed by atoms with Crippen LogP contribution in [0, 0.1) is 5.92 Å². The van der Waals surface area contributed by atoms with Crippen molar-refractivity contribution in [3.63, 3.8) is 0 Å². The fourth-order valence-corrected chi connectivity index (χ4v) is 2.78. The molecule has 26 heavy (non-hydrogen) atoms.